The predicted molar refractivity (Wildman–Crippen MR) is 138 cm³/mol. The normalized spacial score (nSPS) is 17.2. The number of amides is 1. The molecule has 3 aromatic rings. The molecule has 1 fully saturated rings. The monoisotopic (exact) mass is 504 g/mol. The van der Waals surface area contributed by atoms with E-state index in [1.54, 1.807) is 48.8 Å². The molecular formula is C27H29ClN6O2. The molecule has 9 heteroatoms. The Labute approximate surface area is 216 Å². The molecule has 36 heavy (non-hydrogen) atoms. The fraction of sp³-hybridized carbons (Fsp3) is 0.333. The van der Waals surface area contributed by atoms with Gasteiger partial charge in [0.05, 0.1) is 17.4 Å². The summed E-state index contributed by atoms with van der Waals surface area (Å²) in [4.78, 5) is 13.0. The van der Waals surface area contributed by atoms with Crippen LogP contribution in [0.3, 0.4) is 0 Å². The summed E-state index contributed by atoms with van der Waals surface area (Å²) in [5.74, 6) is 6.80. The Bertz CT molecular complexity index is 1300. The first kappa shape index (κ1) is 25.6. The van der Waals surface area contributed by atoms with Crippen LogP contribution in [0.25, 0.3) is 11.1 Å². The van der Waals surface area contributed by atoms with Crippen molar-refractivity contribution in [3.05, 3.63) is 71.0 Å². The van der Waals surface area contributed by atoms with E-state index in [1.807, 2.05) is 11.1 Å². The van der Waals surface area contributed by atoms with Gasteiger partial charge >= 0.3 is 0 Å². The van der Waals surface area contributed by atoms with E-state index >= 15 is 0 Å². The first-order valence-electron chi connectivity index (χ1n) is 11.7. The third-order valence-electron chi connectivity index (χ3n) is 6.58. The Morgan fingerprint density at radius 2 is 1.86 bits per heavy atom. The molecule has 0 atom stereocenters. The van der Waals surface area contributed by atoms with Gasteiger partial charge in [0, 0.05) is 33.8 Å². The van der Waals surface area contributed by atoms with E-state index in [0.717, 1.165) is 18.4 Å². The van der Waals surface area contributed by atoms with Crippen LogP contribution in [0.2, 0.25) is 5.02 Å². The van der Waals surface area contributed by atoms with Crippen LogP contribution in [0, 0.1) is 11.3 Å². The highest BCUT2D eigenvalue weighted by Crippen LogP contribution is 2.37. The second-order valence-electron chi connectivity index (χ2n) is 10.2. The van der Waals surface area contributed by atoms with E-state index in [0.29, 0.717) is 28.2 Å². The maximum atomic E-state index is 13.0. The first-order chi connectivity index (χ1) is 17.0. The van der Waals surface area contributed by atoms with Gasteiger partial charge < -0.3 is 10.1 Å². The second kappa shape index (κ2) is 9.86. The van der Waals surface area contributed by atoms with Crippen LogP contribution in [0.5, 0.6) is 11.5 Å². The van der Waals surface area contributed by atoms with Gasteiger partial charge in [0.2, 0.25) is 0 Å². The Hall–Kier alpha value is -3.51. The number of hydrogen-bond acceptors (Lipinski definition) is 7. The Morgan fingerprint density at radius 1 is 1.14 bits per heavy atom. The lowest BCUT2D eigenvalue weighted by Crippen LogP contribution is -2.67. The number of hydrazine groups is 1. The molecule has 1 aliphatic rings. The number of nitrogens with zero attached hydrogens (tertiary/aromatic N) is 4. The van der Waals surface area contributed by atoms with Crippen LogP contribution in [-0.4, -0.2) is 38.2 Å². The first-order valence-corrected chi connectivity index (χ1v) is 12.0. The number of nitrogens with one attached hydrogen (secondary N) is 1. The summed E-state index contributed by atoms with van der Waals surface area (Å²) in [6.45, 7) is 8.30. The number of nitriles is 1. The molecule has 3 N–H and O–H groups in total. The average Bonchev–Trinajstić information content (AvgIpc) is 2.83. The number of rotatable bonds is 5. The average molecular weight is 505 g/mol. The molecule has 8 nitrogen and oxygen atoms in total. The van der Waals surface area contributed by atoms with Crippen molar-refractivity contribution in [2.45, 2.75) is 57.7 Å². The van der Waals surface area contributed by atoms with Crippen LogP contribution >= 0.6 is 11.6 Å². The lowest BCUT2D eigenvalue weighted by atomic mass is 9.78. The third-order valence-corrected chi connectivity index (χ3v) is 6.87. The number of hydrogen-bond donors (Lipinski definition) is 2. The van der Waals surface area contributed by atoms with E-state index in [1.165, 1.54) is 0 Å². The molecule has 2 heterocycles. The summed E-state index contributed by atoms with van der Waals surface area (Å²) in [6, 6.07) is 14.1. The number of piperidine rings is 1. The number of nitrogens with two attached hydrogens (primary N) is 1. The van der Waals surface area contributed by atoms with Crippen LogP contribution in [-0.2, 0) is 0 Å². The number of benzene rings is 2. The van der Waals surface area contributed by atoms with Gasteiger partial charge in [0.1, 0.15) is 23.1 Å². The topological polar surface area (TPSA) is 117 Å². The van der Waals surface area contributed by atoms with Crippen molar-refractivity contribution in [3.8, 4) is 28.7 Å². The Kier molecular flexibility index (Phi) is 7.01. The Morgan fingerprint density at radius 3 is 2.47 bits per heavy atom. The van der Waals surface area contributed by atoms with Crippen molar-refractivity contribution >= 4 is 17.5 Å². The number of carbonyl (C=O) groups is 1. The predicted octanol–water partition coefficient (Wildman–Crippen LogP) is 5.09. The highest BCUT2D eigenvalue weighted by molar-refractivity contribution is 6.32. The standard InChI is InChI=1S/C27H29ClN6O2/c1-26(2)13-19(14-27(3,4)34(26)30)33-25(35)17-8-9-24(22(28)12-17)36-23-7-5-6-20(21(23)15-29)18-10-11-31-32-16-18/h5-12,16,19H,13-14,30H2,1-4H3,(H,33,35). The zero-order chi connectivity index (χ0) is 26.1. The molecule has 2 aromatic carbocycles. The molecule has 0 radical (unpaired) electrons. The smallest absolute Gasteiger partial charge is 0.251 e. The van der Waals surface area contributed by atoms with Crippen LogP contribution in [0.4, 0.5) is 0 Å². The van der Waals surface area contributed by atoms with E-state index in [-0.39, 0.29) is 28.0 Å². The lowest BCUT2D eigenvalue weighted by Gasteiger charge is -2.52. The molecule has 186 valence electrons. The van der Waals surface area contributed by atoms with Gasteiger partial charge in [-0.2, -0.15) is 15.5 Å². The van der Waals surface area contributed by atoms with Crippen molar-refractivity contribution < 1.29 is 9.53 Å². The maximum absolute atomic E-state index is 13.0. The SMILES string of the molecule is CC1(C)CC(NC(=O)c2ccc(Oc3cccc(-c4ccnnc4)c3C#N)c(Cl)c2)CC(C)(C)N1N. The molecule has 0 spiro atoms. The molecule has 1 amide bonds. The molecule has 0 saturated carbocycles. The molecular weight excluding hydrogens is 476 g/mol. The minimum absolute atomic E-state index is 0.0272. The van der Waals surface area contributed by atoms with E-state index in [4.69, 9.17) is 22.2 Å². The summed E-state index contributed by atoms with van der Waals surface area (Å²) < 4.78 is 6.00. The number of carbonyl (C=O) groups excluding carboxylic acids is 1. The van der Waals surface area contributed by atoms with Gasteiger partial charge in [-0.1, -0.05) is 23.7 Å². The van der Waals surface area contributed by atoms with Crippen molar-refractivity contribution in [2.75, 3.05) is 0 Å². The van der Waals surface area contributed by atoms with E-state index < -0.39 is 0 Å². The van der Waals surface area contributed by atoms with Crippen LogP contribution in [0.1, 0.15) is 56.5 Å². The zero-order valence-corrected chi connectivity index (χ0v) is 21.5. The molecule has 1 aromatic heterocycles. The van der Waals surface area contributed by atoms with Gasteiger partial charge in [-0.3, -0.25) is 10.6 Å². The molecule has 0 unspecified atom stereocenters. The van der Waals surface area contributed by atoms with Gasteiger partial charge in [0.25, 0.3) is 5.91 Å². The third kappa shape index (κ3) is 5.19. The summed E-state index contributed by atoms with van der Waals surface area (Å²) in [6.07, 6.45) is 4.60. The largest absolute Gasteiger partial charge is 0.454 e. The zero-order valence-electron chi connectivity index (χ0n) is 20.7. The second-order valence-corrected chi connectivity index (χ2v) is 10.6. The summed E-state index contributed by atoms with van der Waals surface area (Å²) in [5, 5.41) is 22.7. The van der Waals surface area contributed by atoms with Crippen LogP contribution in [0.15, 0.2) is 54.9 Å². The van der Waals surface area contributed by atoms with E-state index in [9.17, 15) is 10.1 Å². The van der Waals surface area contributed by atoms with Gasteiger partial charge in [-0.15, -0.1) is 0 Å². The summed E-state index contributed by atoms with van der Waals surface area (Å²) in [5.41, 5.74) is 1.68. The van der Waals surface area contributed by atoms with Crippen molar-refractivity contribution in [1.29, 1.82) is 5.26 Å². The van der Waals surface area contributed by atoms with Gasteiger partial charge in [-0.05, 0) is 70.9 Å². The highest BCUT2D eigenvalue weighted by Gasteiger charge is 2.44. The highest BCUT2D eigenvalue weighted by atomic mass is 35.5. The lowest BCUT2D eigenvalue weighted by molar-refractivity contribution is -0.0406. The number of aromatic nitrogens is 2. The van der Waals surface area contributed by atoms with Crippen molar-refractivity contribution in [2.24, 2.45) is 5.84 Å². The Balaban J connectivity index is 1.52. The quantitative estimate of drug-likeness (QED) is 0.465. The maximum Gasteiger partial charge on any atom is 0.251 e. The summed E-state index contributed by atoms with van der Waals surface area (Å²) >= 11 is 6.50. The number of ether oxygens (including phenoxy) is 1. The van der Waals surface area contributed by atoms with E-state index in [2.05, 4.69) is 49.3 Å². The molecule has 0 aliphatic carbocycles. The van der Waals surface area contributed by atoms with Gasteiger partial charge in [0.15, 0.2) is 0 Å². The minimum atomic E-state index is -0.256. The molecule has 4 rings (SSSR count). The molecule has 1 aliphatic heterocycles. The van der Waals surface area contributed by atoms with Crippen LogP contribution < -0.4 is 15.9 Å². The number of halogens is 1. The van der Waals surface area contributed by atoms with Gasteiger partial charge in [-0.25, -0.2) is 5.01 Å². The minimum Gasteiger partial charge on any atom is -0.454 e. The molecule has 0 bridgehead atoms. The fourth-order valence-electron chi connectivity index (χ4n) is 4.93. The van der Waals surface area contributed by atoms with Crippen molar-refractivity contribution in [3.63, 3.8) is 0 Å². The fourth-order valence-corrected chi connectivity index (χ4v) is 5.15. The summed E-state index contributed by atoms with van der Waals surface area (Å²) in [7, 11) is 0. The van der Waals surface area contributed by atoms with Crippen molar-refractivity contribution in [1.82, 2.24) is 20.5 Å². The molecule has 1 saturated heterocycles.